The molecule has 0 amide bonds. The highest BCUT2D eigenvalue weighted by Gasteiger charge is 2.22. The van der Waals surface area contributed by atoms with Gasteiger partial charge < -0.3 is 5.73 Å². The Kier molecular flexibility index (Phi) is 4.98. The van der Waals surface area contributed by atoms with Crippen molar-refractivity contribution in [2.24, 2.45) is 5.73 Å². The quantitative estimate of drug-likeness (QED) is 0.799. The first-order valence-corrected chi connectivity index (χ1v) is 6.55. The molecule has 0 spiro atoms. The van der Waals surface area contributed by atoms with Gasteiger partial charge >= 0.3 is 5.76 Å². The van der Waals surface area contributed by atoms with E-state index in [1.54, 1.807) is 24.3 Å². The number of hydrogen-bond donors (Lipinski definition) is 2. The molecule has 0 fully saturated rings. The van der Waals surface area contributed by atoms with E-state index in [4.69, 9.17) is 5.73 Å². The highest BCUT2D eigenvalue weighted by molar-refractivity contribution is 7.89. The van der Waals surface area contributed by atoms with Gasteiger partial charge in [0.15, 0.2) is 0 Å². The number of hydrogen-bond acceptors (Lipinski definition) is 3. The average molecular weight is 264 g/mol. The van der Waals surface area contributed by atoms with Crippen LogP contribution in [-0.4, -0.2) is 20.7 Å². The molecule has 17 heavy (non-hydrogen) atoms. The maximum Gasteiger partial charge on any atom is 0.350 e. The second-order valence-corrected chi connectivity index (χ2v) is 5.22. The zero-order valence-corrected chi connectivity index (χ0v) is 9.88. The van der Waals surface area contributed by atoms with Crippen molar-refractivity contribution in [3.8, 4) is 0 Å². The molecule has 7 heteroatoms. The van der Waals surface area contributed by atoms with Crippen molar-refractivity contribution in [3.05, 3.63) is 35.4 Å². The van der Waals surface area contributed by atoms with Crippen LogP contribution in [0.1, 0.15) is 11.1 Å². The molecule has 0 aliphatic heterocycles. The summed E-state index contributed by atoms with van der Waals surface area (Å²) in [4.78, 5) is 0. The zero-order chi connectivity index (χ0) is 12.9. The van der Waals surface area contributed by atoms with E-state index >= 15 is 0 Å². The van der Waals surface area contributed by atoms with Crippen LogP contribution in [0.5, 0.6) is 0 Å². The van der Waals surface area contributed by atoms with Crippen LogP contribution in [0.25, 0.3) is 0 Å². The van der Waals surface area contributed by atoms with Crippen molar-refractivity contribution in [1.82, 2.24) is 4.72 Å². The fourth-order valence-electron chi connectivity index (χ4n) is 1.24. The second-order valence-electron chi connectivity index (χ2n) is 3.48. The van der Waals surface area contributed by atoms with Gasteiger partial charge in [-0.3, -0.25) is 0 Å². The predicted octanol–water partition coefficient (Wildman–Crippen LogP) is 0.830. The van der Waals surface area contributed by atoms with Crippen LogP contribution < -0.4 is 10.5 Å². The van der Waals surface area contributed by atoms with Crippen molar-refractivity contribution >= 4 is 10.0 Å². The van der Waals surface area contributed by atoms with Gasteiger partial charge in [-0.1, -0.05) is 24.3 Å². The Labute approximate surface area is 98.9 Å². The molecule has 0 heterocycles. The molecule has 1 aromatic carbocycles. The van der Waals surface area contributed by atoms with E-state index in [1.807, 2.05) is 4.72 Å². The Hall–Kier alpha value is -1.05. The highest BCUT2D eigenvalue weighted by Crippen LogP contribution is 2.07. The summed E-state index contributed by atoms with van der Waals surface area (Å²) in [6, 6.07) is 6.94. The number of rotatable bonds is 6. The molecule has 0 saturated carbocycles. The van der Waals surface area contributed by atoms with Crippen LogP contribution in [0.4, 0.5) is 8.78 Å². The highest BCUT2D eigenvalue weighted by atomic mass is 32.2. The molecular formula is C10H14F2N2O2S. The first-order chi connectivity index (χ1) is 7.95. The van der Waals surface area contributed by atoms with E-state index in [0.717, 1.165) is 12.0 Å². The van der Waals surface area contributed by atoms with Gasteiger partial charge in [-0.05, 0) is 24.1 Å². The normalized spacial score (nSPS) is 12.0. The summed E-state index contributed by atoms with van der Waals surface area (Å²) in [7, 11) is -4.52. The predicted molar refractivity (Wildman–Crippen MR) is 61.0 cm³/mol. The van der Waals surface area contributed by atoms with Gasteiger partial charge in [0.05, 0.1) is 0 Å². The maximum atomic E-state index is 12.0. The number of nitrogens with two attached hydrogens (primary N) is 1. The molecule has 0 saturated heterocycles. The molecular weight excluding hydrogens is 250 g/mol. The summed E-state index contributed by atoms with van der Waals surface area (Å²) < 4.78 is 47.4. The number of alkyl halides is 2. The van der Waals surface area contributed by atoms with E-state index in [1.165, 1.54) is 0 Å². The van der Waals surface area contributed by atoms with Gasteiger partial charge in [-0.2, -0.15) is 8.78 Å². The third-order valence-corrected chi connectivity index (χ3v) is 3.18. The maximum absolute atomic E-state index is 12.0. The molecule has 0 atom stereocenters. The lowest BCUT2D eigenvalue weighted by atomic mass is 10.1. The van der Waals surface area contributed by atoms with Gasteiger partial charge in [0.25, 0.3) is 10.0 Å². The molecule has 1 aromatic rings. The van der Waals surface area contributed by atoms with Crippen molar-refractivity contribution in [2.45, 2.75) is 18.7 Å². The zero-order valence-electron chi connectivity index (χ0n) is 9.07. The lowest BCUT2D eigenvalue weighted by molar-refractivity contribution is 0.232. The van der Waals surface area contributed by atoms with Gasteiger partial charge in [0, 0.05) is 6.54 Å². The van der Waals surface area contributed by atoms with Crippen LogP contribution in [0, 0.1) is 0 Å². The first-order valence-electron chi connectivity index (χ1n) is 5.00. The van der Waals surface area contributed by atoms with E-state index in [9.17, 15) is 17.2 Å². The van der Waals surface area contributed by atoms with Gasteiger partial charge in [-0.15, -0.1) is 0 Å². The van der Waals surface area contributed by atoms with Crippen LogP contribution >= 0.6 is 0 Å². The smallest absolute Gasteiger partial charge is 0.330 e. The molecule has 4 nitrogen and oxygen atoms in total. The third-order valence-electron chi connectivity index (χ3n) is 2.17. The van der Waals surface area contributed by atoms with Crippen LogP contribution in [-0.2, 0) is 23.0 Å². The molecule has 3 N–H and O–H groups in total. The van der Waals surface area contributed by atoms with Crippen molar-refractivity contribution in [2.75, 3.05) is 6.54 Å². The topological polar surface area (TPSA) is 72.2 Å². The molecule has 1 rings (SSSR count). The summed E-state index contributed by atoms with van der Waals surface area (Å²) in [5.41, 5.74) is 7.01. The van der Waals surface area contributed by atoms with Crippen molar-refractivity contribution in [3.63, 3.8) is 0 Å². The van der Waals surface area contributed by atoms with Gasteiger partial charge in [0.2, 0.25) is 0 Å². The van der Waals surface area contributed by atoms with E-state index < -0.39 is 15.8 Å². The molecule has 0 radical (unpaired) electrons. The number of sulfonamides is 1. The van der Waals surface area contributed by atoms with E-state index in [0.29, 0.717) is 12.1 Å². The number of nitrogens with one attached hydrogen (secondary N) is 1. The third kappa shape index (κ3) is 4.37. The first kappa shape index (κ1) is 14.0. The molecule has 0 aliphatic rings. The minimum atomic E-state index is -4.52. The van der Waals surface area contributed by atoms with Gasteiger partial charge in [-0.25, -0.2) is 13.1 Å². The summed E-state index contributed by atoms with van der Waals surface area (Å²) in [5, 5.41) is 0. The summed E-state index contributed by atoms with van der Waals surface area (Å²) in [5.74, 6) is -3.40. The average Bonchev–Trinajstić information content (AvgIpc) is 2.28. The van der Waals surface area contributed by atoms with Crippen LogP contribution in [0.3, 0.4) is 0 Å². The number of halogens is 2. The fraction of sp³-hybridized carbons (Fsp3) is 0.400. The Morgan fingerprint density at radius 3 is 2.18 bits per heavy atom. The fourth-order valence-corrected chi connectivity index (χ4v) is 1.73. The molecule has 0 unspecified atom stereocenters. The van der Waals surface area contributed by atoms with Crippen LogP contribution in [0.2, 0.25) is 0 Å². The Bertz CT molecular complexity index is 446. The second kappa shape index (κ2) is 6.04. The van der Waals surface area contributed by atoms with Crippen LogP contribution in [0.15, 0.2) is 24.3 Å². The van der Waals surface area contributed by atoms with Crippen molar-refractivity contribution in [1.29, 1.82) is 0 Å². The molecule has 96 valence electrons. The lowest BCUT2D eigenvalue weighted by Gasteiger charge is -2.06. The monoisotopic (exact) mass is 264 g/mol. The minimum absolute atomic E-state index is 0.143. The standard InChI is InChI=1S/C10H14F2N2O2S/c11-10(12)17(15,16)14-7-9-3-1-8(2-4-9)5-6-13/h1-4,10,14H,5-7,13H2. The summed E-state index contributed by atoms with van der Waals surface area (Å²) in [6.07, 6.45) is 0.725. The Morgan fingerprint density at radius 1 is 1.18 bits per heavy atom. The lowest BCUT2D eigenvalue weighted by Crippen LogP contribution is -2.28. The molecule has 0 bridgehead atoms. The Morgan fingerprint density at radius 2 is 1.71 bits per heavy atom. The van der Waals surface area contributed by atoms with E-state index in [2.05, 4.69) is 0 Å². The minimum Gasteiger partial charge on any atom is -0.330 e. The van der Waals surface area contributed by atoms with Gasteiger partial charge in [0.1, 0.15) is 0 Å². The Balaban J connectivity index is 2.59. The summed E-state index contributed by atoms with van der Waals surface area (Å²) >= 11 is 0. The summed E-state index contributed by atoms with van der Waals surface area (Å²) in [6.45, 7) is 0.382. The van der Waals surface area contributed by atoms with Crippen molar-refractivity contribution < 1.29 is 17.2 Å². The number of benzene rings is 1. The van der Waals surface area contributed by atoms with E-state index in [-0.39, 0.29) is 6.54 Å². The molecule has 0 aliphatic carbocycles. The SMILES string of the molecule is NCCc1ccc(CNS(=O)(=O)C(F)F)cc1. The molecule has 0 aromatic heterocycles. The largest absolute Gasteiger partial charge is 0.350 e.